The summed E-state index contributed by atoms with van der Waals surface area (Å²) in [5.41, 5.74) is 5.58. The number of halogens is 1. The molecule has 0 spiro atoms. The molecule has 3 N–H and O–H groups in total. The third-order valence-electron chi connectivity index (χ3n) is 3.61. The van der Waals surface area contributed by atoms with Crippen LogP contribution in [0.2, 0.25) is 0 Å². The van der Waals surface area contributed by atoms with Gasteiger partial charge in [-0.05, 0) is 66.6 Å². The van der Waals surface area contributed by atoms with Crippen LogP contribution in [-0.4, -0.2) is 12.5 Å². The molecule has 5 heteroatoms. The van der Waals surface area contributed by atoms with Crippen LogP contribution < -0.4 is 11.1 Å². The Morgan fingerprint density at radius 3 is 2.72 bits per heavy atom. The van der Waals surface area contributed by atoms with Gasteiger partial charge in [0.25, 0.3) is 0 Å². The predicted octanol–water partition coefficient (Wildman–Crippen LogP) is 3.60. The molecule has 1 aromatic heterocycles. The molecule has 0 aliphatic heterocycles. The van der Waals surface area contributed by atoms with E-state index >= 15 is 0 Å². The van der Waals surface area contributed by atoms with Crippen molar-refractivity contribution < 1.29 is 4.79 Å². The summed E-state index contributed by atoms with van der Waals surface area (Å²) in [6.45, 7) is 0.769. The molecule has 0 atom stereocenters. The summed E-state index contributed by atoms with van der Waals surface area (Å²) in [6.07, 6.45) is 5.39. The Labute approximate surface area is 120 Å². The fourth-order valence-electron chi connectivity index (χ4n) is 2.55. The number of hydrogen-bond acceptors (Lipinski definition) is 3. The minimum Gasteiger partial charge on any atom is -0.330 e. The van der Waals surface area contributed by atoms with E-state index in [1.165, 1.54) is 0 Å². The van der Waals surface area contributed by atoms with Gasteiger partial charge in [-0.2, -0.15) is 0 Å². The average molecular weight is 331 g/mol. The molecule has 1 saturated carbocycles. The topological polar surface area (TPSA) is 55.1 Å². The Bertz CT molecular complexity index is 399. The largest absolute Gasteiger partial charge is 0.330 e. The van der Waals surface area contributed by atoms with E-state index in [-0.39, 0.29) is 11.8 Å². The van der Waals surface area contributed by atoms with E-state index in [1.54, 1.807) is 11.3 Å². The molecule has 1 heterocycles. The molecular weight excluding hydrogens is 312 g/mol. The standard InChI is InChI=1S/C13H19BrN2OS/c14-11-7-12(18-8-11)16-13(17)10-3-1-9(2-4-10)5-6-15/h7-10H,1-6,15H2,(H,16,17). The lowest BCUT2D eigenvalue weighted by Gasteiger charge is -2.27. The second-order valence-electron chi connectivity index (χ2n) is 4.91. The van der Waals surface area contributed by atoms with Crippen LogP contribution in [0.15, 0.2) is 15.9 Å². The molecular formula is C13H19BrN2OS. The Balaban J connectivity index is 1.80. The summed E-state index contributed by atoms with van der Waals surface area (Å²) in [5, 5.41) is 5.91. The summed E-state index contributed by atoms with van der Waals surface area (Å²) < 4.78 is 1.02. The minimum absolute atomic E-state index is 0.176. The van der Waals surface area contributed by atoms with Gasteiger partial charge in [-0.1, -0.05) is 0 Å². The lowest BCUT2D eigenvalue weighted by molar-refractivity contribution is -0.121. The maximum Gasteiger partial charge on any atom is 0.228 e. The van der Waals surface area contributed by atoms with Crippen LogP contribution in [0.3, 0.4) is 0 Å². The molecule has 1 amide bonds. The molecule has 0 aromatic carbocycles. The van der Waals surface area contributed by atoms with Crippen molar-refractivity contribution in [2.24, 2.45) is 17.6 Å². The van der Waals surface area contributed by atoms with Gasteiger partial charge in [0.1, 0.15) is 0 Å². The molecule has 1 aromatic rings. The monoisotopic (exact) mass is 330 g/mol. The first-order valence-corrected chi connectivity index (χ1v) is 8.11. The molecule has 1 fully saturated rings. The zero-order chi connectivity index (χ0) is 13.0. The fraction of sp³-hybridized carbons (Fsp3) is 0.615. The van der Waals surface area contributed by atoms with Crippen LogP contribution in [0.25, 0.3) is 0 Å². The average Bonchev–Trinajstić information content (AvgIpc) is 2.76. The summed E-state index contributed by atoms with van der Waals surface area (Å²) in [6, 6.07) is 1.95. The van der Waals surface area contributed by atoms with Crippen LogP contribution in [-0.2, 0) is 4.79 Å². The highest BCUT2D eigenvalue weighted by Crippen LogP contribution is 2.32. The van der Waals surface area contributed by atoms with E-state index in [1.807, 2.05) is 11.4 Å². The van der Waals surface area contributed by atoms with Crippen molar-refractivity contribution in [1.82, 2.24) is 0 Å². The maximum absolute atomic E-state index is 12.1. The molecule has 0 radical (unpaired) electrons. The van der Waals surface area contributed by atoms with Crippen molar-refractivity contribution in [1.29, 1.82) is 0 Å². The Morgan fingerprint density at radius 2 is 2.17 bits per heavy atom. The number of nitrogens with two attached hydrogens (primary N) is 1. The van der Waals surface area contributed by atoms with E-state index < -0.39 is 0 Å². The van der Waals surface area contributed by atoms with Crippen LogP contribution in [0, 0.1) is 11.8 Å². The normalized spacial score (nSPS) is 23.9. The molecule has 1 aliphatic rings. The van der Waals surface area contributed by atoms with Crippen LogP contribution in [0.5, 0.6) is 0 Å². The summed E-state index contributed by atoms with van der Waals surface area (Å²) >= 11 is 4.95. The minimum atomic E-state index is 0.176. The van der Waals surface area contributed by atoms with Crippen molar-refractivity contribution in [3.8, 4) is 0 Å². The van der Waals surface area contributed by atoms with Crippen molar-refractivity contribution in [3.63, 3.8) is 0 Å². The zero-order valence-corrected chi connectivity index (χ0v) is 12.7. The quantitative estimate of drug-likeness (QED) is 0.886. The summed E-state index contributed by atoms with van der Waals surface area (Å²) in [5.74, 6) is 1.09. The van der Waals surface area contributed by atoms with Crippen LogP contribution >= 0.6 is 27.3 Å². The van der Waals surface area contributed by atoms with Gasteiger partial charge in [-0.25, -0.2) is 0 Å². The lowest BCUT2D eigenvalue weighted by atomic mass is 9.80. The van der Waals surface area contributed by atoms with Crippen molar-refractivity contribution in [2.75, 3.05) is 11.9 Å². The second kappa shape index (κ2) is 6.68. The highest BCUT2D eigenvalue weighted by atomic mass is 79.9. The van der Waals surface area contributed by atoms with Gasteiger partial charge in [-0.3, -0.25) is 4.79 Å². The number of carbonyl (C=O) groups is 1. The number of carbonyl (C=O) groups excluding carboxylic acids is 1. The first-order valence-electron chi connectivity index (χ1n) is 6.44. The molecule has 3 nitrogen and oxygen atoms in total. The smallest absolute Gasteiger partial charge is 0.228 e. The van der Waals surface area contributed by atoms with Crippen LogP contribution in [0.4, 0.5) is 5.00 Å². The second-order valence-corrected chi connectivity index (χ2v) is 6.74. The summed E-state index contributed by atoms with van der Waals surface area (Å²) in [7, 11) is 0. The lowest BCUT2D eigenvalue weighted by Crippen LogP contribution is -2.27. The van der Waals surface area contributed by atoms with Crippen molar-refractivity contribution in [3.05, 3.63) is 15.9 Å². The van der Waals surface area contributed by atoms with Gasteiger partial charge in [0, 0.05) is 15.8 Å². The van der Waals surface area contributed by atoms with Crippen molar-refractivity contribution >= 4 is 38.2 Å². The molecule has 0 unspecified atom stereocenters. The molecule has 18 heavy (non-hydrogen) atoms. The number of rotatable bonds is 4. The third-order valence-corrected chi connectivity index (χ3v) is 5.21. The molecule has 100 valence electrons. The Kier molecular flexibility index (Phi) is 5.21. The van der Waals surface area contributed by atoms with Gasteiger partial charge in [-0.15, -0.1) is 11.3 Å². The van der Waals surface area contributed by atoms with E-state index in [0.717, 1.165) is 54.0 Å². The predicted molar refractivity (Wildman–Crippen MR) is 79.8 cm³/mol. The Hall–Kier alpha value is -0.390. The van der Waals surface area contributed by atoms with Gasteiger partial charge < -0.3 is 11.1 Å². The SMILES string of the molecule is NCCC1CCC(C(=O)Nc2cc(Br)cs2)CC1. The first-order chi connectivity index (χ1) is 8.69. The van der Waals surface area contributed by atoms with E-state index in [4.69, 9.17) is 5.73 Å². The van der Waals surface area contributed by atoms with Gasteiger partial charge >= 0.3 is 0 Å². The number of hydrogen-bond donors (Lipinski definition) is 2. The number of nitrogens with one attached hydrogen (secondary N) is 1. The van der Waals surface area contributed by atoms with Crippen molar-refractivity contribution in [2.45, 2.75) is 32.1 Å². The number of thiophene rings is 1. The molecule has 0 saturated heterocycles. The molecule has 1 aliphatic carbocycles. The molecule has 2 rings (SSSR count). The number of anilines is 1. The van der Waals surface area contributed by atoms with Crippen LogP contribution in [0.1, 0.15) is 32.1 Å². The highest BCUT2D eigenvalue weighted by Gasteiger charge is 2.26. The highest BCUT2D eigenvalue weighted by molar-refractivity contribution is 9.10. The van der Waals surface area contributed by atoms with E-state index in [9.17, 15) is 4.79 Å². The zero-order valence-electron chi connectivity index (χ0n) is 10.3. The number of amides is 1. The first kappa shape index (κ1) is 14.0. The fourth-order valence-corrected chi connectivity index (χ4v) is 3.87. The van der Waals surface area contributed by atoms with Gasteiger partial charge in [0.15, 0.2) is 0 Å². The summed E-state index contributed by atoms with van der Waals surface area (Å²) in [4.78, 5) is 12.1. The third kappa shape index (κ3) is 3.80. The maximum atomic E-state index is 12.1. The molecule has 0 bridgehead atoms. The Morgan fingerprint density at radius 1 is 1.44 bits per heavy atom. The van der Waals surface area contributed by atoms with Gasteiger partial charge in [0.05, 0.1) is 5.00 Å². The van der Waals surface area contributed by atoms with E-state index in [0.29, 0.717) is 0 Å². The van der Waals surface area contributed by atoms with E-state index in [2.05, 4.69) is 21.2 Å². The van der Waals surface area contributed by atoms with Gasteiger partial charge in [0.2, 0.25) is 5.91 Å².